The minimum atomic E-state index is -2.68. The molecule has 0 heterocycles. The Morgan fingerprint density at radius 1 is 1.25 bits per heavy atom. The molecule has 0 fully saturated rings. The first-order valence-corrected chi connectivity index (χ1v) is 5.39. The van der Waals surface area contributed by atoms with Crippen LogP contribution in [0.5, 0.6) is 0 Å². The molecule has 0 aliphatic carbocycles. The summed E-state index contributed by atoms with van der Waals surface area (Å²) in [4.78, 5) is 8.28. The molecule has 0 aliphatic heterocycles. The Morgan fingerprint density at radius 3 is 2.33 bits per heavy atom. The molecule has 0 amide bonds. The number of rotatable bonds is 7. The molecule has 0 aliphatic rings. The van der Waals surface area contributed by atoms with Gasteiger partial charge in [0.2, 0.25) is 0 Å². The number of unbranched alkanes of at least 4 members (excludes halogenated alkanes) is 4. The minimum absolute atomic E-state index is 0. The Hall–Kier alpha value is 0.367. The van der Waals surface area contributed by atoms with Crippen molar-refractivity contribution >= 4 is 19.2 Å². The van der Waals surface area contributed by atoms with Gasteiger partial charge in [0.1, 0.15) is 0 Å². The smallest absolute Gasteiger partial charge is 0.316 e. The molecule has 5 heteroatoms. The van der Waals surface area contributed by atoms with Crippen molar-refractivity contribution in [2.75, 3.05) is 6.61 Å². The molecule has 0 saturated carbocycles. The zero-order valence-corrected chi connectivity index (χ0v) is 8.01. The summed E-state index contributed by atoms with van der Waals surface area (Å²) in [5, 5.41) is 0. The third-order valence-electron chi connectivity index (χ3n) is 1.47. The molecule has 0 radical (unpaired) electrons. The van der Waals surface area contributed by atoms with Crippen molar-refractivity contribution in [3.05, 3.63) is 0 Å². The van der Waals surface area contributed by atoms with Crippen LogP contribution in [-0.2, 0) is 9.09 Å². The molecule has 0 bridgehead atoms. The van der Waals surface area contributed by atoms with Crippen LogP contribution in [-0.4, -0.2) is 22.5 Å². The van der Waals surface area contributed by atoms with Gasteiger partial charge in [0.15, 0.2) is 0 Å². The van der Waals surface area contributed by atoms with E-state index in [0.717, 1.165) is 12.8 Å². The van der Waals surface area contributed by atoms with E-state index in [2.05, 4.69) is 11.4 Å². The first-order valence-electron chi connectivity index (χ1n) is 4.13. The van der Waals surface area contributed by atoms with Crippen molar-refractivity contribution in [3.63, 3.8) is 0 Å². The van der Waals surface area contributed by atoms with E-state index in [9.17, 15) is 4.57 Å². The molecule has 76 valence electrons. The fourth-order valence-corrected chi connectivity index (χ4v) is 1.18. The molecule has 3 nitrogen and oxygen atoms in total. The lowest BCUT2D eigenvalue weighted by Gasteiger charge is -1.99. The molecular weight excluding hydrogens is 191 g/mol. The van der Waals surface area contributed by atoms with Crippen LogP contribution < -0.4 is 0 Å². The lowest BCUT2D eigenvalue weighted by Crippen LogP contribution is -1.86. The van der Waals surface area contributed by atoms with Crippen LogP contribution in [0.25, 0.3) is 0 Å². The summed E-state index contributed by atoms with van der Waals surface area (Å²) in [6.07, 6.45) is 5.66. The monoisotopic (exact) mass is 212 g/mol. The lowest BCUT2D eigenvalue weighted by molar-refractivity contribution is 0.273. The summed E-state index contributed by atoms with van der Waals surface area (Å²) >= 11 is 0. The minimum Gasteiger partial charge on any atom is -0.326 e. The summed E-state index contributed by atoms with van der Waals surface area (Å²) < 4.78 is 14.6. The first kappa shape index (κ1) is 14.9. The Bertz CT molecular complexity index is 111. The van der Waals surface area contributed by atoms with E-state index >= 15 is 0 Å². The zero-order chi connectivity index (χ0) is 8.53. The maximum Gasteiger partial charge on any atom is 0.316 e. The average Bonchev–Trinajstić information content (AvgIpc) is 1.96. The Kier molecular flexibility index (Phi) is 14.1. The second kappa shape index (κ2) is 11.4. The van der Waals surface area contributed by atoms with E-state index in [1.807, 2.05) is 0 Å². The van der Waals surface area contributed by atoms with Gasteiger partial charge in [-0.2, -0.15) is 0 Å². The lowest BCUT2D eigenvalue weighted by atomic mass is 10.2. The second-order valence-corrected chi connectivity index (χ2v) is 3.35. The molecule has 0 spiro atoms. The molecule has 1 atom stereocenters. The highest BCUT2D eigenvalue weighted by Gasteiger charge is 1.91. The second-order valence-electron chi connectivity index (χ2n) is 2.53. The average molecular weight is 212 g/mol. The third kappa shape index (κ3) is 13.0. The van der Waals surface area contributed by atoms with Gasteiger partial charge in [0.05, 0.1) is 6.61 Å². The van der Waals surface area contributed by atoms with E-state index in [1.165, 1.54) is 19.3 Å². The van der Waals surface area contributed by atoms with Gasteiger partial charge in [-0.05, 0) is 17.4 Å². The van der Waals surface area contributed by atoms with Gasteiger partial charge in [0, 0.05) is 0 Å². The first-order chi connectivity index (χ1) is 5.27. The summed E-state index contributed by atoms with van der Waals surface area (Å²) in [6.45, 7) is 2.58. The highest BCUT2D eigenvalue weighted by atomic mass is 31.1. The largest absolute Gasteiger partial charge is 0.326 e. The van der Waals surface area contributed by atoms with E-state index in [-0.39, 0.29) is 11.0 Å². The van der Waals surface area contributed by atoms with Crippen molar-refractivity contribution in [1.29, 1.82) is 0 Å². The van der Waals surface area contributed by atoms with Gasteiger partial charge in [-0.15, -0.1) is 0 Å². The van der Waals surface area contributed by atoms with E-state index in [1.54, 1.807) is 0 Å². The quantitative estimate of drug-likeness (QED) is 0.387. The molecule has 1 N–H and O–H groups in total. The topological polar surface area (TPSA) is 46.5 Å². The van der Waals surface area contributed by atoms with E-state index in [0.29, 0.717) is 6.61 Å². The summed E-state index contributed by atoms with van der Waals surface area (Å²) in [6, 6.07) is 0. The number of hydrogen-bond acceptors (Lipinski definition) is 2. The van der Waals surface area contributed by atoms with Gasteiger partial charge in [0.25, 0.3) is 0 Å². The molecular formula is C7H21O3PSi. The normalized spacial score (nSPS) is 12.2. The highest BCUT2D eigenvalue weighted by molar-refractivity contribution is 7.32. The Morgan fingerprint density at radius 2 is 1.83 bits per heavy atom. The molecule has 12 heavy (non-hydrogen) atoms. The Balaban J connectivity index is 0. The van der Waals surface area contributed by atoms with Crippen LogP contribution in [0.4, 0.5) is 0 Å². The SMILES string of the molecule is CCCCCCCO[PH](=O)O.[SiH4]. The summed E-state index contributed by atoms with van der Waals surface area (Å²) in [5.74, 6) is 0. The fourth-order valence-electron chi connectivity index (χ4n) is 0.865. The van der Waals surface area contributed by atoms with Crippen molar-refractivity contribution < 1.29 is 14.0 Å². The van der Waals surface area contributed by atoms with Crippen molar-refractivity contribution in [2.45, 2.75) is 39.0 Å². The molecule has 0 rings (SSSR count). The van der Waals surface area contributed by atoms with Crippen LogP contribution in [0.3, 0.4) is 0 Å². The maximum atomic E-state index is 10.1. The van der Waals surface area contributed by atoms with Crippen LogP contribution in [0, 0.1) is 0 Å². The summed E-state index contributed by atoms with van der Waals surface area (Å²) in [5.41, 5.74) is 0. The van der Waals surface area contributed by atoms with E-state index < -0.39 is 8.25 Å². The van der Waals surface area contributed by atoms with Gasteiger partial charge >= 0.3 is 8.25 Å². The van der Waals surface area contributed by atoms with Gasteiger partial charge in [-0.25, -0.2) is 0 Å². The van der Waals surface area contributed by atoms with Gasteiger partial charge in [-0.1, -0.05) is 32.6 Å². The standard InChI is InChI=1S/C7H17O3P.H4Si/c1-2-3-4-5-6-7-10-11(8)9;/h11H,2-7H2,1H3,(H,8,9);1H4. The van der Waals surface area contributed by atoms with Gasteiger partial charge < -0.3 is 9.42 Å². The van der Waals surface area contributed by atoms with Crippen LogP contribution >= 0.6 is 8.25 Å². The Labute approximate surface area is 79.5 Å². The third-order valence-corrected chi connectivity index (χ3v) is 1.92. The van der Waals surface area contributed by atoms with Crippen LogP contribution in [0.1, 0.15) is 39.0 Å². The summed E-state index contributed by atoms with van der Waals surface area (Å²) in [7, 11) is -2.68. The van der Waals surface area contributed by atoms with Crippen LogP contribution in [0.2, 0.25) is 0 Å². The molecule has 1 unspecified atom stereocenters. The zero-order valence-electron chi connectivity index (χ0n) is 7.01. The number of hydrogen-bond donors (Lipinski definition) is 1. The molecule has 0 saturated heterocycles. The predicted molar refractivity (Wildman–Crippen MR) is 57.3 cm³/mol. The highest BCUT2D eigenvalue weighted by Crippen LogP contribution is 2.15. The molecule has 0 aromatic carbocycles. The van der Waals surface area contributed by atoms with Crippen molar-refractivity contribution in [1.82, 2.24) is 0 Å². The van der Waals surface area contributed by atoms with Gasteiger partial charge in [-0.3, -0.25) is 4.57 Å². The fraction of sp³-hybridized carbons (Fsp3) is 1.00. The van der Waals surface area contributed by atoms with Crippen molar-refractivity contribution in [3.8, 4) is 0 Å². The van der Waals surface area contributed by atoms with Crippen molar-refractivity contribution in [2.24, 2.45) is 0 Å². The van der Waals surface area contributed by atoms with Crippen LogP contribution in [0.15, 0.2) is 0 Å². The molecule has 0 aromatic heterocycles. The predicted octanol–water partition coefficient (Wildman–Crippen LogP) is 0.904. The molecule has 0 aromatic rings. The van der Waals surface area contributed by atoms with E-state index in [4.69, 9.17) is 4.89 Å². The maximum absolute atomic E-state index is 10.1.